The first kappa shape index (κ1) is 34.1. The van der Waals surface area contributed by atoms with Crippen molar-refractivity contribution in [1.29, 1.82) is 0 Å². The van der Waals surface area contributed by atoms with Gasteiger partial charge in [0.25, 0.3) is 5.56 Å². The molecule has 11 nitrogen and oxygen atoms in total. The van der Waals surface area contributed by atoms with E-state index in [1.807, 2.05) is 18.2 Å². The van der Waals surface area contributed by atoms with E-state index >= 15 is 0 Å². The summed E-state index contributed by atoms with van der Waals surface area (Å²) in [5.74, 6) is 0.763. The number of rotatable bonds is 12. The van der Waals surface area contributed by atoms with Crippen LogP contribution >= 0.6 is 0 Å². The minimum absolute atomic E-state index is 0.0766. The molecule has 0 saturated carbocycles. The fourth-order valence-electron chi connectivity index (χ4n) is 7.20. The number of pyridine rings is 2. The molecule has 5 aromatic rings. The van der Waals surface area contributed by atoms with Gasteiger partial charge >= 0.3 is 0 Å². The Bertz CT molecular complexity index is 2180. The van der Waals surface area contributed by atoms with Crippen molar-refractivity contribution in [3.8, 4) is 39.4 Å². The van der Waals surface area contributed by atoms with E-state index in [4.69, 9.17) is 9.72 Å². The standard InChI is InChI=1S/C40H43N7O4/c1-24-31(26-16-17-47-36(18-26)43-21-28(40(47)50)20-42-23-30-12-15-38(49)45-30)6-4-7-32(24)33-8-5-9-34(25(33)2)35-13-10-27(39(46-35)51-3)19-41-22-29-11-14-37(48)44-29/h4-10,13,16-18,21,29-30,41-42H,11-12,14-15,19-20,22-23H2,1-3H3,(H,44,48)(H,45,49). The van der Waals surface area contributed by atoms with Crippen molar-refractivity contribution in [3.05, 3.63) is 106 Å². The number of nitrogens with one attached hydrogen (secondary N) is 4. The predicted octanol–water partition coefficient (Wildman–Crippen LogP) is 4.45. The molecule has 11 heteroatoms. The Labute approximate surface area is 296 Å². The molecule has 2 fully saturated rings. The van der Waals surface area contributed by atoms with Crippen LogP contribution < -0.4 is 31.6 Å². The summed E-state index contributed by atoms with van der Waals surface area (Å²) in [4.78, 5) is 45.8. The molecule has 2 aliphatic heterocycles. The van der Waals surface area contributed by atoms with Crippen molar-refractivity contribution in [2.45, 2.75) is 64.7 Å². The summed E-state index contributed by atoms with van der Waals surface area (Å²) >= 11 is 0. The van der Waals surface area contributed by atoms with Crippen LogP contribution in [0.3, 0.4) is 0 Å². The molecular weight excluding hydrogens is 642 g/mol. The van der Waals surface area contributed by atoms with E-state index in [0.717, 1.165) is 63.0 Å². The molecule has 2 aromatic carbocycles. The molecule has 4 N–H and O–H groups in total. The van der Waals surface area contributed by atoms with Gasteiger partial charge in [0.2, 0.25) is 17.7 Å². The van der Waals surface area contributed by atoms with Crippen LogP contribution in [0.4, 0.5) is 0 Å². The first-order valence-electron chi connectivity index (χ1n) is 17.5. The fraction of sp³-hybridized carbons (Fsp3) is 0.325. The molecule has 3 aromatic heterocycles. The van der Waals surface area contributed by atoms with Gasteiger partial charge in [-0.15, -0.1) is 0 Å². The average molecular weight is 686 g/mol. The lowest BCUT2D eigenvalue weighted by atomic mass is 9.89. The molecule has 2 aliphatic rings. The second-order valence-corrected chi connectivity index (χ2v) is 13.4. The van der Waals surface area contributed by atoms with Gasteiger partial charge in [-0.3, -0.25) is 18.8 Å². The van der Waals surface area contributed by atoms with Gasteiger partial charge in [0.05, 0.1) is 12.8 Å². The average Bonchev–Trinajstić information content (AvgIpc) is 3.76. The largest absolute Gasteiger partial charge is 0.481 e. The number of methoxy groups -OCH3 is 1. The number of amides is 2. The van der Waals surface area contributed by atoms with Gasteiger partial charge in [-0.1, -0.05) is 42.5 Å². The minimum Gasteiger partial charge on any atom is -0.481 e. The van der Waals surface area contributed by atoms with Crippen LogP contribution in [-0.2, 0) is 22.7 Å². The highest BCUT2D eigenvalue weighted by Gasteiger charge is 2.22. The van der Waals surface area contributed by atoms with Crippen molar-refractivity contribution in [2.75, 3.05) is 20.2 Å². The summed E-state index contributed by atoms with van der Waals surface area (Å²) in [7, 11) is 1.64. The molecule has 2 atom stereocenters. The van der Waals surface area contributed by atoms with E-state index in [9.17, 15) is 14.4 Å². The Hall–Kier alpha value is -5.39. The summed E-state index contributed by atoms with van der Waals surface area (Å²) in [6, 6.07) is 20.9. The molecule has 0 bridgehead atoms. The van der Waals surface area contributed by atoms with Crippen molar-refractivity contribution in [2.24, 2.45) is 0 Å². The molecule has 5 heterocycles. The molecule has 0 spiro atoms. The van der Waals surface area contributed by atoms with Crippen LogP contribution in [0, 0.1) is 13.8 Å². The number of carbonyl (C=O) groups excluding carboxylic acids is 2. The van der Waals surface area contributed by atoms with E-state index in [2.05, 4.69) is 82.6 Å². The zero-order valence-corrected chi connectivity index (χ0v) is 29.2. The molecular formula is C40H43N7O4. The van der Waals surface area contributed by atoms with Crippen LogP contribution in [0.25, 0.3) is 39.2 Å². The molecule has 2 saturated heterocycles. The molecule has 51 heavy (non-hydrogen) atoms. The molecule has 7 rings (SSSR count). The second-order valence-electron chi connectivity index (χ2n) is 13.4. The van der Waals surface area contributed by atoms with Gasteiger partial charge < -0.3 is 26.0 Å². The van der Waals surface area contributed by atoms with Crippen molar-refractivity contribution in [3.63, 3.8) is 0 Å². The van der Waals surface area contributed by atoms with Crippen LogP contribution in [0.2, 0.25) is 0 Å². The number of fused-ring (bicyclic) bond motifs is 1. The van der Waals surface area contributed by atoms with Gasteiger partial charge in [0.15, 0.2) is 0 Å². The number of hydrogen-bond acceptors (Lipinski definition) is 8. The molecule has 0 aliphatic carbocycles. The second kappa shape index (κ2) is 14.8. The highest BCUT2D eigenvalue weighted by atomic mass is 16.5. The Kier molecular flexibility index (Phi) is 9.92. The van der Waals surface area contributed by atoms with Crippen molar-refractivity contribution < 1.29 is 14.3 Å². The molecule has 2 amide bonds. The molecule has 2 unspecified atom stereocenters. The summed E-state index contributed by atoms with van der Waals surface area (Å²) in [5, 5.41) is 12.6. The van der Waals surface area contributed by atoms with Gasteiger partial charge in [0.1, 0.15) is 5.65 Å². The summed E-state index contributed by atoms with van der Waals surface area (Å²) in [6.07, 6.45) is 6.23. The third-order valence-electron chi connectivity index (χ3n) is 10.0. The fourth-order valence-corrected chi connectivity index (χ4v) is 7.20. The highest BCUT2D eigenvalue weighted by molar-refractivity contribution is 5.84. The SMILES string of the molecule is COc1nc(-c2cccc(-c3cccc(-c4ccn5c(=O)c(CNCC6CCC(=O)N6)cnc5c4)c3C)c2C)ccc1CNCC1CCC(=O)N1. The number of carbonyl (C=O) groups is 2. The zero-order valence-electron chi connectivity index (χ0n) is 29.2. The van der Waals surface area contributed by atoms with E-state index in [-0.39, 0.29) is 29.5 Å². The van der Waals surface area contributed by atoms with Crippen LogP contribution in [0.15, 0.2) is 77.9 Å². The number of aromatic nitrogens is 3. The van der Waals surface area contributed by atoms with Gasteiger partial charge in [0, 0.05) is 80.2 Å². The van der Waals surface area contributed by atoms with Crippen LogP contribution in [0.1, 0.15) is 47.9 Å². The predicted molar refractivity (Wildman–Crippen MR) is 197 cm³/mol. The Morgan fingerprint density at radius 3 is 2.02 bits per heavy atom. The quantitative estimate of drug-likeness (QED) is 0.151. The van der Waals surface area contributed by atoms with Crippen molar-refractivity contribution >= 4 is 17.5 Å². The number of nitrogens with zero attached hydrogens (tertiary/aromatic N) is 3. The van der Waals surface area contributed by atoms with Crippen molar-refractivity contribution in [1.82, 2.24) is 35.6 Å². The van der Waals surface area contributed by atoms with Gasteiger partial charge in [-0.2, -0.15) is 0 Å². The molecule has 262 valence electrons. The first-order valence-corrected chi connectivity index (χ1v) is 17.5. The van der Waals surface area contributed by atoms with Crippen LogP contribution in [-0.4, -0.2) is 58.5 Å². The van der Waals surface area contributed by atoms with Crippen LogP contribution in [0.5, 0.6) is 5.88 Å². The van der Waals surface area contributed by atoms with E-state index < -0.39 is 0 Å². The normalized spacial score (nSPS) is 17.2. The number of ether oxygens (including phenoxy) is 1. The lowest BCUT2D eigenvalue weighted by Crippen LogP contribution is -2.36. The number of benzene rings is 2. The Morgan fingerprint density at radius 2 is 1.39 bits per heavy atom. The lowest BCUT2D eigenvalue weighted by molar-refractivity contribution is -0.120. The van der Waals surface area contributed by atoms with Gasteiger partial charge in [-0.25, -0.2) is 9.97 Å². The highest BCUT2D eigenvalue weighted by Crippen LogP contribution is 2.37. The Balaban J connectivity index is 1.10. The minimum atomic E-state index is -0.110. The topological polar surface area (TPSA) is 139 Å². The maximum Gasteiger partial charge on any atom is 0.262 e. The third-order valence-corrected chi connectivity index (χ3v) is 10.0. The molecule has 0 radical (unpaired) electrons. The first-order chi connectivity index (χ1) is 24.8. The van der Waals surface area contributed by atoms with Gasteiger partial charge in [-0.05, 0) is 78.3 Å². The monoisotopic (exact) mass is 685 g/mol. The maximum absolute atomic E-state index is 13.3. The summed E-state index contributed by atoms with van der Waals surface area (Å²) < 4.78 is 7.29. The summed E-state index contributed by atoms with van der Waals surface area (Å²) in [6.45, 7) is 6.54. The maximum atomic E-state index is 13.3. The smallest absolute Gasteiger partial charge is 0.262 e. The zero-order chi connectivity index (χ0) is 35.5. The summed E-state index contributed by atoms with van der Waals surface area (Å²) in [5.41, 5.74) is 10.4. The third kappa shape index (κ3) is 7.26. The van der Waals surface area contributed by atoms with E-state index in [1.165, 1.54) is 0 Å². The van der Waals surface area contributed by atoms with E-state index in [0.29, 0.717) is 56.1 Å². The Morgan fingerprint density at radius 1 is 0.784 bits per heavy atom. The van der Waals surface area contributed by atoms with E-state index in [1.54, 1.807) is 23.9 Å². The number of hydrogen-bond donors (Lipinski definition) is 4. The lowest BCUT2D eigenvalue weighted by Gasteiger charge is -2.17.